The molecule has 33 heavy (non-hydrogen) atoms. The van der Waals surface area contributed by atoms with Gasteiger partial charge in [0.05, 0.1) is 23.6 Å². The molecule has 0 N–H and O–H groups in total. The number of methoxy groups -OCH3 is 1. The molecule has 4 rings (SSSR count). The van der Waals surface area contributed by atoms with Crippen molar-refractivity contribution in [2.45, 2.75) is 36.7 Å². The van der Waals surface area contributed by atoms with Crippen LogP contribution in [0.2, 0.25) is 0 Å². The van der Waals surface area contributed by atoms with E-state index in [4.69, 9.17) is 4.74 Å². The van der Waals surface area contributed by atoms with Crippen LogP contribution < -0.4 is 4.90 Å². The minimum atomic E-state index is -4.56. The van der Waals surface area contributed by atoms with Crippen molar-refractivity contribution in [1.29, 1.82) is 0 Å². The van der Waals surface area contributed by atoms with Crippen LogP contribution in [-0.4, -0.2) is 30.2 Å². The average molecular weight is 474 g/mol. The van der Waals surface area contributed by atoms with Crippen LogP contribution in [0.15, 0.2) is 65.7 Å². The first-order valence-electron chi connectivity index (χ1n) is 10.5. The number of carbonyl (C=O) groups is 2. The van der Waals surface area contributed by atoms with Gasteiger partial charge in [-0.25, -0.2) is 4.79 Å². The number of fused-ring (bicyclic) bond motifs is 1. The summed E-state index contributed by atoms with van der Waals surface area (Å²) in [5, 5.41) is 1.18. The highest BCUT2D eigenvalue weighted by Gasteiger charge is 2.42. The highest BCUT2D eigenvalue weighted by atomic mass is 32.2. The van der Waals surface area contributed by atoms with Crippen molar-refractivity contribution in [3.8, 4) is 0 Å². The normalized spacial score (nSPS) is 20.4. The molecule has 0 amide bonds. The van der Waals surface area contributed by atoms with E-state index in [0.717, 1.165) is 23.3 Å². The summed E-state index contributed by atoms with van der Waals surface area (Å²) in [6, 6.07) is 11.5. The van der Waals surface area contributed by atoms with Crippen molar-refractivity contribution in [3.05, 3.63) is 82.4 Å². The number of esters is 1. The highest BCUT2D eigenvalue weighted by Crippen LogP contribution is 2.44. The van der Waals surface area contributed by atoms with E-state index in [1.165, 1.54) is 35.9 Å². The predicted octanol–water partition coefficient (Wildman–Crippen LogP) is 5.80. The van der Waals surface area contributed by atoms with Crippen LogP contribution in [-0.2, 0) is 20.5 Å². The maximum absolute atomic E-state index is 13.6. The fraction of sp³-hybridized carbons (Fsp3) is 0.280. The molecule has 2 aromatic rings. The zero-order chi connectivity index (χ0) is 23.8. The maximum Gasteiger partial charge on any atom is 0.416 e. The molecular weight excluding hydrogens is 451 g/mol. The van der Waals surface area contributed by atoms with Crippen LogP contribution in [0.1, 0.15) is 36.0 Å². The minimum Gasteiger partial charge on any atom is -0.467 e. The summed E-state index contributed by atoms with van der Waals surface area (Å²) in [7, 11) is 1.22. The van der Waals surface area contributed by atoms with Gasteiger partial charge in [0.25, 0.3) is 0 Å². The van der Waals surface area contributed by atoms with E-state index in [0.29, 0.717) is 0 Å². The van der Waals surface area contributed by atoms with E-state index in [1.54, 1.807) is 12.3 Å². The molecule has 0 bridgehead atoms. The van der Waals surface area contributed by atoms with Crippen molar-refractivity contribution in [2.24, 2.45) is 0 Å². The fourth-order valence-corrected chi connectivity index (χ4v) is 5.43. The summed E-state index contributed by atoms with van der Waals surface area (Å²) in [5.41, 5.74) is 1.53. The second-order valence-corrected chi connectivity index (χ2v) is 8.82. The third kappa shape index (κ3) is 4.31. The van der Waals surface area contributed by atoms with E-state index in [-0.39, 0.29) is 29.5 Å². The first-order valence-corrected chi connectivity index (χ1v) is 11.4. The Kier molecular flexibility index (Phi) is 6.38. The molecule has 1 aliphatic carbocycles. The Morgan fingerprint density at radius 3 is 2.64 bits per heavy atom. The van der Waals surface area contributed by atoms with Gasteiger partial charge in [-0.05, 0) is 41.2 Å². The molecule has 1 aliphatic heterocycles. The number of allylic oxidation sites excluding steroid dienone is 2. The topological polar surface area (TPSA) is 46.6 Å². The molecular formula is C25H22F3NO3S. The Morgan fingerprint density at radius 1 is 1.18 bits per heavy atom. The number of alkyl halides is 3. The van der Waals surface area contributed by atoms with Crippen LogP contribution in [0.25, 0.3) is 6.08 Å². The molecule has 2 aromatic carbocycles. The van der Waals surface area contributed by atoms with Crippen molar-refractivity contribution in [3.63, 3.8) is 0 Å². The Hall–Kier alpha value is -3.00. The lowest BCUT2D eigenvalue weighted by molar-refractivity contribution is -0.142. The van der Waals surface area contributed by atoms with Gasteiger partial charge in [-0.1, -0.05) is 49.4 Å². The summed E-state index contributed by atoms with van der Waals surface area (Å²) < 4.78 is 45.1. The summed E-state index contributed by atoms with van der Waals surface area (Å²) >= 11 is 1.32. The standard InChI is InChI=1S/C25H22F3NO3S/c1-3-20(24(31)32-2)29(17-9-6-8-16(13-17)25(26,27)28)21-14-33-23(22(21)30)19-12-11-15-7-4-5-10-18(15)19/h4-14,19-20,23H,3H2,1-2H3. The van der Waals surface area contributed by atoms with Gasteiger partial charge in [-0.15, -0.1) is 11.8 Å². The van der Waals surface area contributed by atoms with Gasteiger partial charge in [-0.3, -0.25) is 4.79 Å². The number of nitrogens with zero attached hydrogens (tertiary/aromatic N) is 1. The lowest BCUT2D eigenvalue weighted by Gasteiger charge is -2.32. The van der Waals surface area contributed by atoms with E-state index >= 15 is 0 Å². The van der Waals surface area contributed by atoms with Gasteiger partial charge >= 0.3 is 12.1 Å². The van der Waals surface area contributed by atoms with Crippen molar-refractivity contribution >= 4 is 35.3 Å². The number of Topliss-reactive ketones (excluding diaryl/α,β-unsaturated/α-hetero) is 1. The quantitative estimate of drug-likeness (QED) is 0.497. The molecule has 0 radical (unpaired) electrons. The first kappa shape index (κ1) is 23.2. The van der Waals surface area contributed by atoms with E-state index < -0.39 is 29.0 Å². The van der Waals surface area contributed by atoms with Crippen LogP contribution in [0, 0.1) is 0 Å². The molecule has 0 spiro atoms. The van der Waals surface area contributed by atoms with Crippen LogP contribution in [0.5, 0.6) is 0 Å². The van der Waals surface area contributed by atoms with E-state index in [2.05, 4.69) is 0 Å². The molecule has 3 atom stereocenters. The number of thioether (sulfide) groups is 1. The molecule has 8 heteroatoms. The summed E-state index contributed by atoms with van der Waals surface area (Å²) in [6.45, 7) is 1.72. The van der Waals surface area contributed by atoms with Crippen LogP contribution in [0.4, 0.5) is 18.9 Å². The van der Waals surface area contributed by atoms with Crippen molar-refractivity contribution < 1.29 is 27.5 Å². The Balaban J connectivity index is 1.72. The molecule has 0 aromatic heterocycles. The molecule has 3 unspecified atom stereocenters. The van der Waals surface area contributed by atoms with Gasteiger partial charge < -0.3 is 9.64 Å². The summed E-state index contributed by atoms with van der Waals surface area (Å²) in [4.78, 5) is 27.5. The molecule has 0 saturated carbocycles. The van der Waals surface area contributed by atoms with Gasteiger partial charge in [0, 0.05) is 11.6 Å². The number of ketones is 1. The zero-order valence-corrected chi connectivity index (χ0v) is 18.8. The van der Waals surface area contributed by atoms with Gasteiger partial charge in [0.1, 0.15) is 6.04 Å². The van der Waals surface area contributed by atoms with E-state index in [9.17, 15) is 22.8 Å². The Morgan fingerprint density at radius 2 is 1.94 bits per heavy atom. The number of ether oxygens (including phenoxy) is 1. The third-order valence-corrected chi connectivity index (χ3v) is 7.04. The lowest BCUT2D eigenvalue weighted by atomic mass is 9.93. The average Bonchev–Trinajstić information content (AvgIpc) is 3.39. The number of carbonyl (C=O) groups excluding carboxylic acids is 2. The maximum atomic E-state index is 13.6. The smallest absolute Gasteiger partial charge is 0.416 e. The molecule has 1 heterocycles. The SMILES string of the molecule is CCC(C(=O)OC)N(C1=CSC(C2C=Cc3ccccc32)C1=O)c1cccc(C(F)(F)F)c1. The summed E-state index contributed by atoms with van der Waals surface area (Å²) in [6.07, 6.45) is -0.365. The lowest BCUT2D eigenvalue weighted by Crippen LogP contribution is -2.43. The van der Waals surface area contributed by atoms with Crippen LogP contribution in [0.3, 0.4) is 0 Å². The molecule has 0 fully saturated rings. The highest BCUT2D eigenvalue weighted by molar-refractivity contribution is 8.04. The summed E-state index contributed by atoms with van der Waals surface area (Å²) in [5.74, 6) is -1.01. The van der Waals surface area contributed by atoms with Crippen LogP contribution >= 0.6 is 11.8 Å². The number of halogens is 3. The molecule has 4 nitrogen and oxygen atoms in total. The third-order valence-electron chi connectivity index (χ3n) is 5.88. The fourth-order valence-electron chi connectivity index (χ4n) is 4.28. The second kappa shape index (κ2) is 9.09. The number of rotatable bonds is 6. The number of hydrogen-bond acceptors (Lipinski definition) is 5. The predicted molar refractivity (Wildman–Crippen MR) is 123 cm³/mol. The monoisotopic (exact) mass is 473 g/mol. The van der Waals surface area contributed by atoms with Gasteiger partial charge in [0.2, 0.25) is 0 Å². The van der Waals surface area contributed by atoms with Crippen molar-refractivity contribution in [2.75, 3.05) is 12.0 Å². The van der Waals surface area contributed by atoms with E-state index in [1.807, 2.05) is 36.4 Å². The minimum absolute atomic E-state index is 0.116. The first-order chi connectivity index (χ1) is 15.8. The number of anilines is 1. The largest absolute Gasteiger partial charge is 0.467 e. The second-order valence-electron chi connectivity index (χ2n) is 7.80. The molecule has 2 aliphatic rings. The van der Waals surface area contributed by atoms with Gasteiger partial charge in [-0.2, -0.15) is 13.2 Å². The van der Waals surface area contributed by atoms with Gasteiger partial charge in [0.15, 0.2) is 5.78 Å². The number of hydrogen-bond donors (Lipinski definition) is 0. The molecule has 172 valence electrons. The number of benzene rings is 2. The van der Waals surface area contributed by atoms with Crippen molar-refractivity contribution in [1.82, 2.24) is 0 Å². The Bertz CT molecular complexity index is 1140. The zero-order valence-electron chi connectivity index (χ0n) is 18.0. The Labute approximate surface area is 194 Å². The molecule has 0 saturated heterocycles.